The van der Waals surface area contributed by atoms with Crippen molar-refractivity contribution in [2.24, 2.45) is 0 Å². The third-order valence-electron chi connectivity index (χ3n) is 2.97. The van der Waals surface area contributed by atoms with Gasteiger partial charge in [0.15, 0.2) is 0 Å². The van der Waals surface area contributed by atoms with Crippen LogP contribution in [0.2, 0.25) is 0 Å². The molecule has 0 atom stereocenters. The van der Waals surface area contributed by atoms with E-state index in [9.17, 15) is 0 Å². The molecule has 2 heteroatoms. The van der Waals surface area contributed by atoms with E-state index in [0.717, 1.165) is 22.0 Å². The number of hydrogen-bond acceptors (Lipinski definition) is 2. The molecule has 0 aliphatic heterocycles. The van der Waals surface area contributed by atoms with Crippen LogP contribution in [-0.2, 0) is 0 Å². The highest BCUT2D eigenvalue weighted by Crippen LogP contribution is 2.27. The first kappa shape index (κ1) is 10.5. The molecule has 0 N–H and O–H groups in total. The zero-order chi connectivity index (χ0) is 12.4. The largest absolute Gasteiger partial charge is 0.256 e. The maximum absolute atomic E-state index is 8.81. The lowest BCUT2D eigenvalue weighted by Gasteiger charge is -2.05. The molecule has 0 unspecified atom stereocenters. The molecule has 18 heavy (non-hydrogen) atoms. The fourth-order valence-corrected chi connectivity index (χ4v) is 2.07. The van der Waals surface area contributed by atoms with Gasteiger partial charge in [-0.15, -0.1) is 0 Å². The minimum Gasteiger partial charge on any atom is -0.256 e. The van der Waals surface area contributed by atoms with Gasteiger partial charge in [-0.3, -0.25) is 4.98 Å². The molecular formula is C16H10N2. The second kappa shape index (κ2) is 4.31. The molecule has 84 valence electrons. The fraction of sp³-hybridized carbons (Fsp3) is 0. The van der Waals surface area contributed by atoms with Crippen molar-refractivity contribution in [2.75, 3.05) is 0 Å². The van der Waals surface area contributed by atoms with Crippen LogP contribution in [0.4, 0.5) is 0 Å². The topological polar surface area (TPSA) is 36.7 Å². The highest BCUT2D eigenvalue weighted by atomic mass is 14.6. The van der Waals surface area contributed by atoms with E-state index in [1.165, 1.54) is 0 Å². The third kappa shape index (κ3) is 1.72. The van der Waals surface area contributed by atoms with Crippen LogP contribution in [0, 0.1) is 11.3 Å². The Morgan fingerprint density at radius 2 is 1.67 bits per heavy atom. The van der Waals surface area contributed by atoms with Gasteiger partial charge >= 0.3 is 0 Å². The summed E-state index contributed by atoms with van der Waals surface area (Å²) in [6.07, 6.45) is 1.82. The van der Waals surface area contributed by atoms with Gasteiger partial charge in [0.25, 0.3) is 0 Å². The molecule has 0 aliphatic rings. The summed E-state index contributed by atoms with van der Waals surface area (Å²) in [6, 6.07) is 19.8. The Kier molecular flexibility index (Phi) is 2.51. The van der Waals surface area contributed by atoms with Gasteiger partial charge in [0.2, 0.25) is 0 Å². The lowest BCUT2D eigenvalue weighted by Crippen LogP contribution is -1.84. The van der Waals surface area contributed by atoms with Gasteiger partial charge in [-0.2, -0.15) is 5.26 Å². The predicted molar refractivity (Wildman–Crippen MR) is 71.9 cm³/mol. The number of para-hydroxylation sites is 1. The molecule has 0 saturated heterocycles. The van der Waals surface area contributed by atoms with Gasteiger partial charge in [-0.05, 0) is 35.4 Å². The Morgan fingerprint density at radius 3 is 2.44 bits per heavy atom. The summed E-state index contributed by atoms with van der Waals surface area (Å²) in [7, 11) is 0. The average molecular weight is 230 g/mol. The second-order valence-corrected chi connectivity index (χ2v) is 4.06. The van der Waals surface area contributed by atoms with E-state index < -0.39 is 0 Å². The zero-order valence-corrected chi connectivity index (χ0v) is 9.67. The second-order valence-electron chi connectivity index (χ2n) is 4.06. The first-order valence-electron chi connectivity index (χ1n) is 5.73. The third-order valence-corrected chi connectivity index (χ3v) is 2.97. The quantitative estimate of drug-likeness (QED) is 0.638. The van der Waals surface area contributed by atoms with Gasteiger partial charge in [-0.25, -0.2) is 0 Å². The first-order valence-corrected chi connectivity index (χ1v) is 5.73. The van der Waals surface area contributed by atoms with Crippen molar-refractivity contribution in [1.29, 1.82) is 5.26 Å². The SMILES string of the molecule is N#Cc1ccc(-c2ccnc3ccccc23)cc1. The molecule has 0 saturated carbocycles. The summed E-state index contributed by atoms with van der Waals surface area (Å²) in [4.78, 5) is 4.35. The Balaban J connectivity index is 2.22. The summed E-state index contributed by atoms with van der Waals surface area (Å²) < 4.78 is 0. The average Bonchev–Trinajstić information content (AvgIpc) is 2.47. The fourth-order valence-electron chi connectivity index (χ4n) is 2.07. The number of nitriles is 1. The number of aromatic nitrogens is 1. The molecule has 0 aliphatic carbocycles. The molecule has 0 amide bonds. The van der Waals surface area contributed by atoms with Crippen LogP contribution in [0.25, 0.3) is 22.0 Å². The van der Waals surface area contributed by atoms with E-state index in [-0.39, 0.29) is 0 Å². The van der Waals surface area contributed by atoms with E-state index >= 15 is 0 Å². The molecule has 0 spiro atoms. The van der Waals surface area contributed by atoms with Crippen LogP contribution >= 0.6 is 0 Å². The maximum atomic E-state index is 8.81. The smallest absolute Gasteiger partial charge is 0.0991 e. The first-order chi connectivity index (χ1) is 8.88. The van der Waals surface area contributed by atoms with Crippen molar-refractivity contribution in [1.82, 2.24) is 4.98 Å². The summed E-state index contributed by atoms with van der Waals surface area (Å²) in [5.41, 5.74) is 3.91. The normalized spacial score (nSPS) is 10.2. The lowest BCUT2D eigenvalue weighted by atomic mass is 10.0. The Hall–Kier alpha value is -2.66. The van der Waals surface area contributed by atoms with Crippen molar-refractivity contribution >= 4 is 10.9 Å². The number of fused-ring (bicyclic) bond motifs is 1. The van der Waals surface area contributed by atoms with Crippen LogP contribution in [0.15, 0.2) is 60.8 Å². The van der Waals surface area contributed by atoms with Gasteiger partial charge < -0.3 is 0 Å². The standard InChI is InChI=1S/C16H10N2/c17-11-12-5-7-13(8-6-12)14-9-10-18-16-4-2-1-3-15(14)16/h1-10H. The Labute approximate surface area is 105 Å². The molecule has 2 aromatic carbocycles. The highest BCUT2D eigenvalue weighted by Gasteiger charge is 2.03. The molecule has 3 aromatic rings. The summed E-state index contributed by atoms with van der Waals surface area (Å²) in [5, 5.41) is 9.94. The minimum absolute atomic E-state index is 0.678. The molecule has 2 nitrogen and oxygen atoms in total. The van der Waals surface area contributed by atoms with E-state index in [2.05, 4.69) is 17.1 Å². The number of benzene rings is 2. The van der Waals surface area contributed by atoms with Crippen molar-refractivity contribution in [3.63, 3.8) is 0 Å². The van der Waals surface area contributed by atoms with Crippen molar-refractivity contribution in [3.05, 3.63) is 66.4 Å². The monoisotopic (exact) mass is 230 g/mol. The van der Waals surface area contributed by atoms with Gasteiger partial charge in [-0.1, -0.05) is 30.3 Å². The Bertz CT molecular complexity index is 732. The van der Waals surface area contributed by atoms with Crippen LogP contribution in [0.5, 0.6) is 0 Å². The van der Waals surface area contributed by atoms with Gasteiger partial charge in [0.1, 0.15) is 0 Å². The van der Waals surface area contributed by atoms with Crippen LogP contribution in [-0.4, -0.2) is 4.98 Å². The van der Waals surface area contributed by atoms with Gasteiger partial charge in [0, 0.05) is 11.6 Å². The minimum atomic E-state index is 0.678. The zero-order valence-electron chi connectivity index (χ0n) is 9.67. The summed E-state index contributed by atoms with van der Waals surface area (Å²) >= 11 is 0. The Morgan fingerprint density at radius 1 is 0.889 bits per heavy atom. The predicted octanol–water partition coefficient (Wildman–Crippen LogP) is 3.77. The van der Waals surface area contributed by atoms with Crippen molar-refractivity contribution in [2.45, 2.75) is 0 Å². The van der Waals surface area contributed by atoms with E-state index in [1.807, 2.05) is 54.7 Å². The summed E-state index contributed by atoms with van der Waals surface area (Å²) in [6.45, 7) is 0. The van der Waals surface area contributed by atoms with E-state index in [1.54, 1.807) is 0 Å². The molecular weight excluding hydrogens is 220 g/mol. The lowest BCUT2D eigenvalue weighted by molar-refractivity contribution is 1.41. The molecule has 1 aromatic heterocycles. The number of pyridine rings is 1. The number of rotatable bonds is 1. The maximum Gasteiger partial charge on any atom is 0.0991 e. The molecule has 1 heterocycles. The van der Waals surface area contributed by atoms with E-state index in [4.69, 9.17) is 5.26 Å². The van der Waals surface area contributed by atoms with Crippen LogP contribution < -0.4 is 0 Å². The van der Waals surface area contributed by atoms with Crippen molar-refractivity contribution < 1.29 is 0 Å². The van der Waals surface area contributed by atoms with Gasteiger partial charge in [0.05, 0.1) is 17.1 Å². The molecule has 0 fully saturated rings. The highest BCUT2D eigenvalue weighted by molar-refractivity contribution is 5.94. The van der Waals surface area contributed by atoms with E-state index in [0.29, 0.717) is 5.56 Å². The molecule has 0 bridgehead atoms. The summed E-state index contributed by atoms with van der Waals surface area (Å²) in [5.74, 6) is 0. The number of hydrogen-bond donors (Lipinski definition) is 0. The number of nitrogens with zero attached hydrogens (tertiary/aromatic N) is 2. The molecule has 0 radical (unpaired) electrons. The van der Waals surface area contributed by atoms with Crippen molar-refractivity contribution in [3.8, 4) is 17.2 Å². The van der Waals surface area contributed by atoms with Crippen LogP contribution in [0.3, 0.4) is 0 Å². The van der Waals surface area contributed by atoms with Crippen LogP contribution in [0.1, 0.15) is 5.56 Å². The molecule has 3 rings (SSSR count).